The van der Waals surface area contributed by atoms with Crippen molar-refractivity contribution in [3.63, 3.8) is 0 Å². The molecule has 138 valence electrons. The van der Waals surface area contributed by atoms with E-state index in [4.69, 9.17) is 11.6 Å². The maximum Gasteiger partial charge on any atom is 0.191 e. The number of rotatable bonds is 5. The lowest BCUT2D eigenvalue weighted by Gasteiger charge is -2.15. The summed E-state index contributed by atoms with van der Waals surface area (Å²) in [6.45, 7) is 0.952. The van der Waals surface area contributed by atoms with E-state index in [0.717, 1.165) is 20.8 Å². The highest BCUT2D eigenvalue weighted by molar-refractivity contribution is 14.0. The van der Waals surface area contributed by atoms with Gasteiger partial charge in [-0.15, -0.1) is 35.3 Å². The monoisotopic (exact) mass is 501 g/mol. The third-order valence-corrected chi connectivity index (χ3v) is 5.45. The van der Waals surface area contributed by atoms with Crippen molar-refractivity contribution in [1.29, 1.82) is 0 Å². The van der Waals surface area contributed by atoms with E-state index in [0.29, 0.717) is 19.0 Å². The van der Waals surface area contributed by atoms with E-state index in [1.165, 1.54) is 4.70 Å². The van der Waals surface area contributed by atoms with Gasteiger partial charge in [0.15, 0.2) is 5.96 Å². The number of guanidine groups is 1. The van der Waals surface area contributed by atoms with Crippen LogP contribution < -0.4 is 10.6 Å². The highest BCUT2D eigenvalue weighted by Gasteiger charge is 2.12. The zero-order valence-corrected chi connectivity index (χ0v) is 18.2. The van der Waals surface area contributed by atoms with Crippen molar-refractivity contribution in [3.05, 3.63) is 70.1 Å². The van der Waals surface area contributed by atoms with Crippen LogP contribution in [-0.4, -0.2) is 24.7 Å². The molecule has 0 bridgehead atoms. The second-order valence-corrected chi connectivity index (χ2v) is 7.12. The normalized spacial score (nSPS) is 12.5. The molecule has 1 heterocycles. The van der Waals surface area contributed by atoms with E-state index < -0.39 is 6.10 Å². The Bertz CT molecular complexity index is 851. The summed E-state index contributed by atoms with van der Waals surface area (Å²) in [6, 6.07) is 17.8. The number of aliphatic hydroxyl groups is 1. The molecule has 1 unspecified atom stereocenters. The summed E-state index contributed by atoms with van der Waals surface area (Å²) in [5.74, 6) is 0.625. The molecule has 1 aromatic heterocycles. The van der Waals surface area contributed by atoms with Crippen molar-refractivity contribution >= 4 is 63.0 Å². The maximum absolute atomic E-state index is 10.4. The molecule has 4 nitrogen and oxygen atoms in total. The first-order chi connectivity index (χ1) is 12.2. The highest BCUT2D eigenvalue weighted by Crippen LogP contribution is 2.29. The Morgan fingerprint density at radius 2 is 1.88 bits per heavy atom. The van der Waals surface area contributed by atoms with Crippen LogP contribution in [0.25, 0.3) is 10.1 Å². The molecular weight excluding hydrogens is 481 g/mol. The summed E-state index contributed by atoms with van der Waals surface area (Å²) in [5, 5.41) is 18.7. The van der Waals surface area contributed by atoms with Crippen molar-refractivity contribution in [2.24, 2.45) is 4.99 Å². The van der Waals surface area contributed by atoms with Gasteiger partial charge in [-0.25, -0.2) is 0 Å². The van der Waals surface area contributed by atoms with Gasteiger partial charge in [-0.1, -0.05) is 48.0 Å². The largest absolute Gasteiger partial charge is 0.386 e. The van der Waals surface area contributed by atoms with Crippen LogP contribution in [0, 0.1) is 0 Å². The zero-order chi connectivity index (χ0) is 17.6. The van der Waals surface area contributed by atoms with Crippen molar-refractivity contribution in [3.8, 4) is 0 Å². The number of halogens is 2. The Balaban J connectivity index is 0.00000243. The molecule has 2 aromatic carbocycles. The van der Waals surface area contributed by atoms with Gasteiger partial charge in [0.2, 0.25) is 0 Å². The molecule has 3 N–H and O–H groups in total. The fourth-order valence-corrected chi connectivity index (χ4v) is 3.76. The molecule has 3 rings (SSSR count). The van der Waals surface area contributed by atoms with E-state index in [2.05, 4.69) is 27.8 Å². The van der Waals surface area contributed by atoms with Gasteiger partial charge in [0, 0.05) is 34.7 Å². The molecular formula is C19H21ClIN3OS. The van der Waals surface area contributed by atoms with Gasteiger partial charge in [0.1, 0.15) is 6.10 Å². The van der Waals surface area contributed by atoms with Gasteiger partial charge in [0.25, 0.3) is 0 Å². The number of nitrogens with zero attached hydrogens (tertiary/aromatic N) is 1. The average molecular weight is 502 g/mol. The summed E-state index contributed by atoms with van der Waals surface area (Å²) in [7, 11) is 1.70. The summed E-state index contributed by atoms with van der Waals surface area (Å²) in [6.07, 6.45) is -0.587. The Morgan fingerprint density at radius 3 is 2.62 bits per heavy atom. The fraction of sp³-hybridized carbons (Fsp3) is 0.211. The SMILES string of the molecule is CN=C(NCc1ccccc1Cl)NCC(O)c1cc2ccccc2s1.I. The number of benzene rings is 2. The molecule has 0 saturated carbocycles. The second-order valence-electron chi connectivity index (χ2n) is 5.60. The molecule has 0 fully saturated rings. The molecule has 3 aromatic rings. The number of thiophene rings is 1. The van der Waals surface area contributed by atoms with Crippen LogP contribution >= 0.6 is 46.9 Å². The first kappa shape index (κ1) is 21.0. The Labute approximate surface area is 179 Å². The summed E-state index contributed by atoms with van der Waals surface area (Å²) >= 11 is 7.77. The molecule has 0 aliphatic carbocycles. The molecule has 0 aliphatic rings. The first-order valence-electron chi connectivity index (χ1n) is 8.02. The number of hydrogen-bond donors (Lipinski definition) is 3. The minimum absolute atomic E-state index is 0. The molecule has 7 heteroatoms. The van der Waals surface area contributed by atoms with E-state index in [1.807, 2.05) is 42.5 Å². The first-order valence-corrected chi connectivity index (χ1v) is 9.21. The topological polar surface area (TPSA) is 56.7 Å². The van der Waals surface area contributed by atoms with Gasteiger partial charge < -0.3 is 15.7 Å². The van der Waals surface area contributed by atoms with E-state index in [-0.39, 0.29) is 24.0 Å². The van der Waals surface area contributed by atoms with Gasteiger partial charge in [0.05, 0.1) is 0 Å². The molecule has 1 atom stereocenters. The Hall–Kier alpha value is -1.35. The van der Waals surface area contributed by atoms with Gasteiger partial charge in [-0.05, 0) is 29.1 Å². The predicted octanol–water partition coefficient (Wildman–Crippen LogP) is 4.57. The number of hydrogen-bond acceptors (Lipinski definition) is 3. The standard InChI is InChI=1S/C19H20ClN3OS.HI/c1-21-19(22-11-14-7-2-4-8-15(14)20)23-12-16(24)18-10-13-6-3-5-9-17(13)25-18;/h2-10,16,24H,11-12H2,1H3,(H2,21,22,23);1H. The van der Waals surface area contributed by atoms with E-state index >= 15 is 0 Å². The molecule has 0 saturated heterocycles. The lowest BCUT2D eigenvalue weighted by Crippen LogP contribution is -2.38. The number of aliphatic imine (C=N–C) groups is 1. The molecule has 0 amide bonds. The second kappa shape index (κ2) is 10.1. The van der Waals surface area contributed by atoms with Crippen molar-refractivity contribution in [2.45, 2.75) is 12.6 Å². The number of aliphatic hydroxyl groups excluding tert-OH is 1. The van der Waals surface area contributed by atoms with Gasteiger partial charge in [-0.3, -0.25) is 4.99 Å². The summed E-state index contributed by atoms with van der Waals surface area (Å²) in [5.41, 5.74) is 0.997. The highest BCUT2D eigenvalue weighted by atomic mass is 127. The average Bonchev–Trinajstić information content (AvgIpc) is 3.07. The number of nitrogens with one attached hydrogen (secondary N) is 2. The summed E-state index contributed by atoms with van der Waals surface area (Å²) in [4.78, 5) is 5.12. The minimum atomic E-state index is -0.587. The predicted molar refractivity (Wildman–Crippen MR) is 122 cm³/mol. The third-order valence-electron chi connectivity index (χ3n) is 3.86. The third kappa shape index (κ3) is 5.33. The van der Waals surface area contributed by atoms with Crippen LogP contribution in [0.4, 0.5) is 0 Å². The smallest absolute Gasteiger partial charge is 0.191 e. The molecule has 0 spiro atoms. The van der Waals surface area contributed by atoms with Crippen molar-refractivity contribution < 1.29 is 5.11 Å². The van der Waals surface area contributed by atoms with E-state index in [1.54, 1.807) is 18.4 Å². The fourth-order valence-electron chi connectivity index (χ4n) is 2.50. The summed E-state index contributed by atoms with van der Waals surface area (Å²) < 4.78 is 1.18. The molecule has 26 heavy (non-hydrogen) atoms. The Kier molecular flexibility index (Phi) is 8.15. The van der Waals surface area contributed by atoms with Crippen LogP contribution in [0.2, 0.25) is 5.02 Å². The van der Waals surface area contributed by atoms with Gasteiger partial charge in [-0.2, -0.15) is 0 Å². The van der Waals surface area contributed by atoms with Crippen LogP contribution in [-0.2, 0) is 6.54 Å². The minimum Gasteiger partial charge on any atom is -0.386 e. The zero-order valence-electron chi connectivity index (χ0n) is 14.3. The lowest BCUT2D eigenvalue weighted by atomic mass is 10.2. The molecule has 0 radical (unpaired) electrons. The lowest BCUT2D eigenvalue weighted by molar-refractivity contribution is 0.184. The van der Waals surface area contributed by atoms with Gasteiger partial charge >= 0.3 is 0 Å². The quantitative estimate of drug-likeness (QED) is 0.273. The Morgan fingerprint density at radius 1 is 1.15 bits per heavy atom. The van der Waals surface area contributed by atoms with Crippen molar-refractivity contribution in [2.75, 3.05) is 13.6 Å². The van der Waals surface area contributed by atoms with Crippen LogP contribution in [0.15, 0.2) is 59.6 Å². The van der Waals surface area contributed by atoms with Crippen molar-refractivity contribution in [1.82, 2.24) is 10.6 Å². The van der Waals surface area contributed by atoms with E-state index in [9.17, 15) is 5.11 Å². The maximum atomic E-state index is 10.4. The molecule has 0 aliphatic heterocycles. The van der Waals surface area contributed by atoms with Crippen LogP contribution in [0.3, 0.4) is 0 Å². The van der Waals surface area contributed by atoms with Crippen LogP contribution in [0.5, 0.6) is 0 Å². The van der Waals surface area contributed by atoms with Crippen LogP contribution in [0.1, 0.15) is 16.5 Å². The number of fused-ring (bicyclic) bond motifs is 1.